The van der Waals surface area contributed by atoms with Crippen LogP contribution in [0.1, 0.15) is 30.6 Å². The molecule has 0 amide bonds. The van der Waals surface area contributed by atoms with Crippen molar-refractivity contribution in [3.05, 3.63) is 34.4 Å². The van der Waals surface area contributed by atoms with Gasteiger partial charge in [0.05, 0.1) is 5.02 Å². The van der Waals surface area contributed by atoms with E-state index in [-0.39, 0.29) is 28.7 Å². The van der Waals surface area contributed by atoms with Crippen molar-refractivity contribution in [2.45, 2.75) is 20.3 Å². The summed E-state index contributed by atoms with van der Waals surface area (Å²) in [7, 11) is 0. The van der Waals surface area contributed by atoms with Crippen molar-refractivity contribution in [1.29, 1.82) is 0 Å². The fourth-order valence-electron chi connectivity index (χ4n) is 1.22. The van der Waals surface area contributed by atoms with E-state index in [0.717, 1.165) is 12.1 Å². The van der Waals surface area contributed by atoms with Crippen LogP contribution in [0.4, 0.5) is 8.78 Å². The Balaban J connectivity index is 3.04. The van der Waals surface area contributed by atoms with Gasteiger partial charge in [0.1, 0.15) is 0 Å². The summed E-state index contributed by atoms with van der Waals surface area (Å²) >= 11 is 5.65. The quantitative estimate of drug-likeness (QED) is 0.572. The van der Waals surface area contributed by atoms with Crippen LogP contribution >= 0.6 is 11.6 Å². The van der Waals surface area contributed by atoms with Crippen LogP contribution in [0.3, 0.4) is 0 Å². The standard InChI is InChI=1S/C11H11ClF2O/c1-6(2)3-11(15)7-4-9(13)10(14)5-8(7)12/h4-6H,3H2,1-2H3. The average Bonchev–Trinajstić information content (AvgIpc) is 2.09. The van der Waals surface area contributed by atoms with Gasteiger partial charge in [-0.1, -0.05) is 25.4 Å². The molecule has 15 heavy (non-hydrogen) atoms. The molecule has 0 aliphatic heterocycles. The number of ketones is 1. The lowest BCUT2D eigenvalue weighted by Crippen LogP contribution is -2.05. The van der Waals surface area contributed by atoms with Gasteiger partial charge in [-0.05, 0) is 18.1 Å². The summed E-state index contributed by atoms with van der Waals surface area (Å²) < 4.78 is 25.6. The predicted molar refractivity (Wildman–Crippen MR) is 55.2 cm³/mol. The van der Waals surface area contributed by atoms with Crippen LogP contribution in [0.5, 0.6) is 0 Å². The molecule has 0 spiro atoms. The van der Waals surface area contributed by atoms with Gasteiger partial charge >= 0.3 is 0 Å². The van der Waals surface area contributed by atoms with Crippen LogP contribution in [0.15, 0.2) is 12.1 Å². The molecule has 0 heterocycles. The zero-order chi connectivity index (χ0) is 11.6. The first kappa shape index (κ1) is 12.1. The Kier molecular flexibility index (Phi) is 3.80. The molecule has 0 aliphatic carbocycles. The maximum absolute atomic E-state index is 12.9. The summed E-state index contributed by atoms with van der Waals surface area (Å²) in [5.74, 6) is -2.21. The van der Waals surface area contributed by atoms with Crippen LogP contribution < -0.4 is 0 Å². The lowest BCUT2D eigenvalue weighted by molar-refractivity contribution is 0.0967. The molecule has 0 bridgehead atoms. The van der Waals surface area contributed by atoms with E-state index in [4.69, 9.17) is 11.6 Å². The van der Waals surface area contributed by atoms with Gasteiger partial charge in [0.15, 0.2) is 17.4 Å². The molecule has 0 aromatic heterocycles. The van der Waals surface area contributed by atoms with Crippen LogP contribution in [-0.4, -0.2) is 5.78 Å². The van der Waals surface area contributed by atoms with Crippen molar-refractivity contribution in [2.24, 2.45) is 5.92 Å². The fraction of sp³-hybridized carbons (Fsp3) is 0.364. The number of halogens is 3. The number of carbonyl (C=O) groups is 1. The zero-order valence-electron chi connectivity index (χ0n) is 8.48. The van der Waals surface area contributed by atoms with Crippen molar-refractivity contribution < 1.29 is 13.6 Å². The molecular weight excluding hydrogens is 222 g/mol. The van der Waals surface area contributed by atoms with E-state index in [1.54, 1.807) is 0 Å². The van der Waals surface area contributed by atoms with Gasteiger partial charge in [-0.15, -0.1) is 0 Å². The van der Waals surface area contributed by atoms with Crippen LogP contribution in [0.25, 0.3) is 0 Å². The number of Topliss-reactive ketones (excluding diaryl/α,β-unsaturated/α-hetero) is 1. The minimum absolute atomic E-state index is 0.0421. The molecule has 0 saturated carbocycles. The van der Waals surface area contributed by atoms with Crippen molar-refractivity contribution in [1.82, 2.24) is 0 Å². The van der Waals surface area contributed by atoms with E-state index < -0.39 is 11.6 Å². The summed E-state index contributed by atoms with van der Waals surface area (Å²) in [5, 5.41) is -0.0421. The third-order valence-corrected chi connectivity index (χ3v) is 2.22. The molecule has 0 fully saturated rings. The lowest BCUT2D eigenvalue weighted by Gasteiger charge is -2.06. The predicted octanol–water partition coefficient (Wildman–Crippen LogP) is 3.85. The van der Waals surface area contributed by atoms with E-state index in [1.165, 1.54) is 0 Å². The molecule has 0 atom stereocenters. The summed E-state index contributed by atoms with van der Waals surface area (Å²) in [4.78, 5) is 11.6. The molecule has 0 saturated heterocycles. The molecule has 0 unspecified atom stereocenters. The second-order valence-corrected chi connectivity index (χ2v) is 4.17. The van der Waals surface area contributed by atoms with Crippen molar-refractivity contribution in [3.63, 3.8) is 0 Å². The Morgan fingerprint density at radius 2 is 1.87 bits per heavy atom. The largest absolute Gasteiger partial charge is 0.294 e. The number of rotatable bonds is 3. The first-order valence-electron chi connectivity index (χ1n) is 4.59. The zero-order valence-corrected chi connectivity index (χ0v) is 9.24. The van der Waals surface area contributed by atoms with Gasteiger partial charge in [-0.25, -0.2) is 8.78 Å². The number of hydrogen-bond acceptors (Lipinski definition) is 1. The van der Waals surface area contributed by atoms with Crippen molar-refractivity contribution in [2.75, 3.05) is 0 Å². The first-order chi connectivity index (χ1) is 6.91. The van der Waals surface area contributed by atoms with Crippen molar-refractivity contribution >= 4 is 17.4 Å². The van der Waals surface area contributed by atoms with E-state index in [1.807, 2.05) is 13.8 Å². The summed E-state index contributed by atoms with van der Waals surface area (Å²) in [6.07, 6.45) is 0.269. The van der Waals surface area contributed by atoms with Crippen LogP contribution in [0.2, 0.25) is 5.02 Å². The molecule has 0 aliphatic rings. The monoisotopic (exact) mass is 232 g/mol. The number of benzene rings is 1. The Labute approximate surface area is 92.1 Å². The molecular formula is C11H11ClF2O. The van der Waals surface area contributed by atoms with E-state index in [2.05, 4.69) is 0 Å². The van der Waals surface area contributed by atoms with Crippen LogP contribution in [0, 0.1) is 17.6 Å². The first-order valence-corrected chi connectivity index (χ1v) is 4.97. The van der Waals surface area contributed by atoms with E-state index >= 15 is 0 Å². The Bertz CT molecular complexity index is 388. The van der Waals surface area contributed by atoms with Gasteiger partial charge in [0.2, 0.25) is 0 Å². The Morgan fingerprint density at radius 3 is 2.40 bits per heavy atom. The topological polar surface area (TPSA) is 17.1 Å². The van der Waals surface area contributed by atoms with Crippen molar-refractivity contribution in [3.8, 4) is 0 Å². The lowest BCUT2D eigenvalue weighted by atomic mass is 10.0. The molecule has 1 rings (SSSR count). The highest BCUT2D eigenvalue weighted by molar-refractivity contribution is 6.33. The molecule has 4 heteroatoms. The Morgan fingerprint density at radius 1 is 1.33 bits per heavy atom. The van der Waals surface area contributed by atoms with Gasteiger partial charge in [-0.2, -0.15) is 0 Å². The second kappa shape index (κ2) is 4.71. The molecule has 1 aromatic rings. The van der Waals surface area contributed by atoms with Gasteiger partial charge < -0.3 is 0 Å². The van der Waals surface area contributed by atoms with Crippen LogP contribution in [-0.2, 0) is 0 Å². The average molecular weight is 233 g/mol. The maximum Gasteiger partial charge on any atom is 0.164 e. The number of hydrogen-bond donors (Lipinski definition) is 0. The minimum atomic E-state index is -1.05. The minimum Gasteiger partial charge on any atom is -0.294 e. The maximum atomic E-state index is 12.9. The number of carbonyl (C=O) groups excluding carboxylic acids is 1. The molecule has 82 valence electrons. The highest BCUT2D eigenvalue weighted by atomic mass is 35.5. The normalized spacial score (nSPS) is 10.8. The third kappa shape index (κ3) is 2.99. The summed E-state index contributed by atoms with van der Waals surface area (Å²) in [6.45, 7) is 3.73. The van der Waals surface area contributed by atoms with Gasteiger partial charge in [0.25, 0.3) is 0 Å². The SMILES string of the molecule is CC(C)CC(=O)c1cc(F)c(F)cc1Cl. The fourth-order valence-corrected chi connectivity index (χ4v) is 1.47. The van der Waals surface area contributed by atoms with E-state index in [0.29, 0.717) is 0 Å². The highest BCUT2D eigenvalue weighted by Crippen LogP contribution is 2.22. The highest BCUT2D eigenvalue weighted by Gasteiger charge is 2.15. The Hall–Kier alpha value is -0.960. The van der Waals surface area contributed by atoms with E-state index in [9.17, 15) is 13.6 Å². The smallest absolute Gasteiger partial charge is 0.164 e. The van der Waals surface area contributed by atoms with Gasteiger partial charge in [-0.3, -0.25) is 4.79 Å². The van der Waals surface area contributed by atoms with Gasteiger partial charge in [0, 0.05) is 12.0 Å². The molecule has 1 nitrogen and oxygen atoms in total. The second-order valence-electron chi connectivity index (χ2n) is 3.77. The molecule has 0 radical (unpaired) electrons. The third-order valence-electron chi connectivity index (χ3n) is 1.90. The summed E-state index contributed by atoms with van der Waals surface area (Å²) in [6, 6.07) is 1.67. The molecule has 1 aromatic carbocycles. The molecule has 0 N–H and O–H groups in total. The summed E-state index contributed by atoms with van der Waals surface area (Å²) in [5.41, 5.74) is 0.0456.